The monoisotopic (exact) mass is 207 g/mol. The Morgan fingerprint density at radius 1 is 0.867 bits per heavy atom. The molecule has 0 aromatic carbocycles. The lowest BCUT2D eigenvalue weighted by Crippen LogP contribution is -2.34. The van der Waals surface area contributed by atoms with Gasteiger partial charge in [-0.1, -0.05) is 19.3 Å². The number of likely N-dealkylation sites (tertiary alicyclic amines) is 1. The van der Waals surface area contributed by atoms with Gasteiger partial charge in [-0.3, -0.25) is 4.79 Å². The summed E-state index contributed by atoms with van der Waals surface area (Å²) in [5.41, 5.74) is 0. The molecule has 2 nitrogen and oxygen atoms in total. The summed E-state index contributed by atoms with van der Waals surface area (Å²) in [6, 6.07) is 0. The highest BCUT2D eigenvalue weighted by atomic mass is 16.2. The van der Waals surface area contributed by atoms with Crippen LogP contribution in [-0.2, 0) is 4.79 Å². The van der Waals surface area contributed by atoms with Crippen molar-refractivity contribution in [3.05, 3.63) is 0 Å². The average Bonchev–Trinajstić information content (AvgIpc) is 2.92. The SMILES string of the molecule is O=C(C1CCCC1)N1CC2CCCC2C1. The van der Waals surface area contributed by atoms with Crippen molar-refractivity contribution >= 4 is 5.91 Å². The fourth-order valence-electron chi connectivity index (χ4n) is 3.85. The van der Waals surface area contributed by atoms with Crippen LogP contribution >= 0.6 is 0 Å². The molecular formula is C13H21NO. The van der Waals surface area contributed by atoms with E-state index in [0.717, 1.165) is 37.8 Å². The zero-order chi connectivity index (χ0) is 10.3. The normalized spacial score (nSPS) is 36.1. The number of nitrogens with zero attached hydrogens (tertiary/aromatic N) is 1. The summed E-state index contributed by atoms with van der Waals surface area (Å²) in [6.45, 7) is 2.17. The Labute approximate surface area is 92.0 Å². The van der Waals surface area contributed by atoms with Gasteiger partial charge < -0.3 is 4.90 Å². The van der Waals surface area contributed by atoms with Gasteiger partial charge in [0.05, 0.1) is 0 Å². The quantitative estimate of drug-likeness (QED) is 0.646. The lowest BCUT2D eigenvalue weighted by Gasteiger charge is -2.21. The maximum atomic E-state index is 12.2. The van der Waals surface area contributed by atoms with Crippen LogP contribution in [0.2, 0.25) is 0 Å². The van der Waals surface area contributed by atoms with Crippen LogP contribution in [0.3, 0.4) is 0 Å². The Bertz CT molecular complexity index is 245. The first kappa shape index (κ1) is 9.68. The van der Waals surface area contributed by atoms with Gasteiger partial charge in [-0.15, -0.1) is 0 Å². The number of hydrogen-bond acceptors (Lipinski definition) is 1. The van der Waals surface area contributed by atoms with Crippen molar-refractivity contribution in [1.29, 1.82) is 0 Å². The number of fused-ring (bicyclic) bond motifs is 1. The van der Waals surface area contributed by atoms with Gasteiger partial charge in [-0.2, -0.15) is 0 Å². The van der Waals surface area contributed by atoms with Crippen molar-refractivity contribution in [1.82, 2.24) is 4.90 Å². The molecule has 0 aromatic rings. The third kappa shape index (κ3) is 1.68. The summed E-state index contributed by atoms with van der Waals surface area (Å²) >= 11 is 0. The first-order valence-corrected chi connectivity index (χ1v) is 6.63. The van der Waals surface area contributed by atoms with Gasteiger partial charge in [0, 0.05) is 19.0 Å². The molecule has 3 aliphatic rings. The minimum Gasteiger partial charge on any atom is -0.342 e. The van der Waals surface area contributed by atoms with Gasteiger partial charge in [0.15, 0.2) is 0 Å². The Hall–Kier alpha value is -0.530. The van der Waals surface area contributed by atoms with Gasteiger partial charge >= 0.3 is 0 Å². The molecule has 3 rings (SSSR count). The van der Waals surface area contributed by atoms with E-state index in [9.17, 15) is 4.79 Å². The Morgan fingerprint density at radius 3 is 2.07 bits per heavy atom. The van der Waals surface area contributed by atoms with Gasteiger partial charge in [-0.05, 0) is 37.5 Å². The molecule has 2 unspecified atom stereocenters. The van der Waals surface area contributed by atoms with Gasteiger partial charge in [0.25, 0.3) is 0 Å². The van der Waals surface area contributed by atoms with E-state index in [1.54, 1.807) is 0 Å². The molecule has 0 bridgehead atoms. The number of carbonyl (C=O) groups excluding carboxylic acids is 1. The lowest BCUT2D eigenvalue weighted by molar-refractivity contribution is -0.134. The standard InChI is InChI=1S/C13H21NO/c15-13(10-4-1-2-5-10)14-8-11-6-3-7-12(11)9-14/h10-12H,1-9H2. The fourth-order valence-corrected chi connectivity index (χ4v) is 3.85. The highest BCUT2D eigenvalue weighted by molar-refractivity contribution is 5.79. The van der Waals surface area contributed by atoms with Crippen LogP contribution in [0, 0.1) is 17.8 Å². The summed E-state index contributed by atoms with van der Waals surface area (Å²) in [6.07, 6.45) is 9.02. The van der Waals surface area contributed by atoms with Crippen LogP contribution in [0.25, 0.3) is 0 Å². The Morgan fingerprint density at radius 2 is 1.47 bits per heavy atom. The molecule has 1 amide bonds. The largest absolute Gasteiger partial charge is 0.342 e. The average molecular weight is 207 g/mol. The molecule has 2 saturated carbocycles. The zero-order valence-electron chi connectivity index (χ0n) is 9.45. The molecule has 0 N–H and O–H groups in total. The summed E-state index contributed by atoms with van der Waals surface area (Å²) in [4.78, 5) is 14.4. The molecule has 0 spiro atoms. The second-order valence-electron chi connectivity index (χ2n) is 5.68. The second-order valence-corrected chi connectivity index (χ2v) is 5.68. The molecule has 15 heavy (non-hydrogen) atoms. The predicted molar refractivity (Wildman–Crippen MR) is 59.4 cm³/mol. The molecule has 0 radical (unpaired) electrons. The molecule has 3 fully saturated rings. The van der Waals surface area contributed by atoms with Crippen LogP contribution < -0.4 is 0 Å². The predicted octanol–water partition coefficient (Wildman–Crippen LogP) is 2.44. The first-order valence-electron chi connectivity index (χ1n) is 6.63. The van der Waals surface area contributed by atoms with Crippen molar-refractivity contribution in [2.24, 2.45) is 17.8 Å². The highest BCUT2D eigenvalue weighted by Gasteiger charge is 2.39. The van der Waals surface area contributed by atoms with E-state index in [-0.39, 0.29) is 0 Å². The molecule has 2 atom stereocenters. The lowest BCUT2D eigenvalue weighted by atomic mass is 10.0. The van der Waals surface area contributed by atoms with E-state index < -0.39 is 0 Å². The third-order valence-corrected chi connectivity index (χ3v) is 4.74. The molecular weight excluding hydrogens is 186 g/mol. The van der Waals surface area contributed by atoms with E-state index in [0.29, 0.717) is 11.8 Å². The number of carbonyl (C=O) groups is 1. The van der Waals surface area contributed by atoms with Crippen molar-refractivity contribution in [2.75, 3.05) is 13.1 Å². The van der Waals surface area contributed by atoms with Crippen molar-refractivity contribution in [3.8, 4) is 0 Å². The van der Waals surface area contributed by atoms with E-state index in [4.69, 9.17) is 0 Å². The maximum absolute atomic E-state index is 12.2. The minimum atomic E-state index is 0.392. The Kier molecular flexibility index (Phi) is 2.45. The van der Waals surface area contributed by atoms with E-state index in [1.165, 1.54) is 32.1 Å². The van der Waals surface area contributed by atoms with Crippen LogP contribution in [0.15, 0.2) is 0 Å². The molecule has 1 heterocycles. The van der Waals surface area contributed by atoms with Crippen LogP contribution in [0.4, 0.5) is 0 Å². The van der Waals surface area contributed by atoms with Crippen molar-refractivity contribution < 1.29 is 4.79 Å². The highest BCUT2D eigenvalue weighted by Crippen LogP contribution is 2.39. The van der Waals surface area contributed by atoms with E-state index in [1.807, 2.05) is 0 Å². The van der Waals surface area contributed by atoms with Crippen LogP contribution in [-0.4, -0.2) is 23.9 Å². The smallest absolute Gasteiger partial charge is 0.225 e. The number of rotatable bonds is 1. The van der Waals surface area contributed by atoms with Gasteiger partial charge in [0.1, 0.15) is 0 Å². The number of amides is 1. The van der Waals surface area contributed by atoms with Crippen molar-refractivity contribution in [2.45, 2.75) is 44.9 Å². The fraction of sp³-hybridized carbons (Fsp3) is 0.923. The van der Waals surface area contributed by atoms with Gasteiger partial charge in [-0.25, -0.2) is 0 Å². The minimum absolute atomic E-state index is 0.392. The number of hydrogen-bond donors (Lipinski definition) is 0. The molecule has 2 aliphatic carbocycles. The van der Waals surface area contributed by atoms with Gasteiger partial charge in [0.2, 0.25) is 5.91 Å². The summed E-state index contributed by atoms with van der Waals surface area (Å²) in [5.74, 6) is 2.59. The molecule has 2 heteroatoms. The zero-order valence-corrected chi connectivity index (χ0v) is 9.45. The molecule has 84 valence electrons. The summed E-state index contributed by atoms with van der Waals surface area (Å²) in [5, 5.41) is 0. The van der Waals surface area contributed by atoms with Crippen molar-refractivity contribution in [3.63, 3.8) is 0 Å². The first-order chi connectivity index (χ1) is 7.34. The van der Waals surface area contributed by atoms with Crippen LogP contribution in [0.1, 0.15) is 44.9 Å². The topological polar surface area (TPSA) is 20.3 Å². The summed E-state index contributed by atoms with van der Waals surface area (Å²) in [7, 11) is 0. The molecule has 1 aliphatic heterocycles. The Balaban J connectivity index is 1.61. The maximum Gasteiger partial charge on any atom is 0.225 e. The van der Waals surface area contributed by atoms with E-state index in [2.05, 4.69) is 4.90 Å². The second kappa shape index (κ2) is 3.80. The molecule has 0 aromatic heterocycles. The van der Waals surface area contributed by atoms with E-state index >= 15 is 0 Å². The molecule has 1 saturated heterocycles. The third-order valence-electron chi connectivity index (χ3n) is 4.74. The summed E-state index contributed by atoms with van der Waals surface area (Å²) < 4.78 is 0. The van der Waals surface area contributed by atoms with Crippen LogP contribution in [0.5, 0.6) is 0 Å².